The van der Waals surface area contributed by atoms with Crippen molar-refractivity contribution in [3.63, 3.8) is 0 Å². The van der Waals surface area contributed by atoms with Gasteiger partial charge in [-0.15, -0.1) is 11.8 Å². The summed E-state index contributed by atoms with van der Waals surface area (Å²) < 4.78 is 12.3. The van der Waals surface area contributed by atoms with Crippen LogP contribution in [0.3, 0.4) is 0 Å². The zero-order chi connectivity index (χ0) is 20.7. The van der Waals surface area contributed by atoms with Gasteiger partial charge in [-0.1, -0.05) is 91.0 Å². The van der Waals surface area contributed by atoms with Crippen molar-refractivity contribution in [2.24, 2.45) is 0 Å². The number of hydrogen-bond donors (Lipinski definition) is 1. The van der Waals surface area contributed by atoms with Crippen LogP contribution in [-0.4, -0.2) is 22.0 Å². The fraction of sp³-hybridized carbons (Fsp3) is 0.308. The zero-order valence-corrected chi connectivity index (χ0v) is 18.7. The van der Waals surface area contributed by atoms with Crippen molar-refractivity contribution < 1.29 is 9.47 Å². The molecule has 0 spiro atoms. The lowest BCUT2D eigenvalue weighted by Crippen LogP contribution is -2.26. The van der Waals surface area contributed by atoms with Crippen molar-refractivity contribution in [2.45, 2.75) is 41.5 Å². The van der Waals surface area contributed by atoms with Crippen LogP contribution in [0.4, 0.5) is 0 Å². The Kier molecular flexibility index (Phi) is 7.56. The highest BCUT2D eigenvalue weighted by Crippen LogP contribution is 2.49. The Bertz CT molecular complexity index is 889. The fourth-order valence-electron chi connectivity index (χ4n) is 3.83. The third kappa shape index (κ3) is 6.14. The Labute approximate surface area is 189 Å². The number of ether oxygens (including phenoxy) is 2. The van der Waals surface area contributed by atoms with Gasteiger partial charge in [0.25, 0.3) is 0 Å². The molecule has 4 rings (SSSR count). The van der Waals surface area contributed by atoms with Crippen molar-refractivity contribution in [1.82, 2.24) is 0 Å². The van der Waals surface area contributed by atoms with E-state index in [2.05, 4.69) is 66.7 Å². The first-order valence-corrected chi connectivity index (χ1v) is 11.7. The van der Waals surface area contributed by atoms with E-state index in [1.165, 1.54) is 16.7 Å². The van der Waals surface area contributed by atoms with Crippen LogP contribution >= 0.6 is 24.4 Å². The molecule has 3 aromatic carbocycles. The number of hydrogen-bond acceptors (Lipinski definition) is 4. The molecule has 1 aliphatic rings. The maximum Gasteiger partial charge on any atom is 0.0742 e. The van der Waals surface area contributed by atoms with Gasteiger partial charge in [0, 0.05) is 0 Å². The molecule has 2 nitrogen and oxygen atoms in total. The lowest BCUT2D eigenvalue weighted by atomic mass is 10.0. The number of thioether (sulfide) groups is 1. The molecule has 0 saturated carbocycles. The van der Waals surface area contributed by atoms with E-state index in [0.29, 0.717) is 19.8 Å². The molecule has 0 bridgehead atoms. The predicted octanol–water partition coefficient (Wildman–Crippen LogP) is 6.16. The Morgan fingerprint density at radius 2 is 1.30 bits per heavy atom. The van der Waals surface area contributed by atoms with Gasteiger partial charge in [-0.25, -0.2) is 0 Å². The fourth-order valence-corrected chi connectivity index (χ4v) is 6.17. The molecule has 1 saturated heterocycles. The van der Waals surface area contributed by atoms with Crippen molar-refractivity contribution in [3.05, 3.63) is 108 Å². The average molecular weight is 437 g/mol. The van der Waals surface area contributed by atoms with Crippen LogP contribution in [0.1, 0.15) is 23.1 Å². The quantitative estimate of drug-likeness (QED) is 0.405. The molecule has 0 aromatic heterocycles. The van der Waals surface area contributed by atoms with E-state index in [9.17, 15) is 0 Å². The first-order valence-electron chi connectivity index (χ1n) is 10.4. The summed E-state index contributed by atoms with van der Waals surface area (Å²) in [5, 5.41) is 0.263. The van der Waals surface area contributed by atoms with Gasteiger partial charge in [0.15, 0.2) is 0 Å². The minimum Gasteiger partial charge on any atom is -0.376 e. The Morgan fingerprint density at radius 3 is 1.90 bits per heavy atom. The molecule has 0 N–H and O–H groups in total. The molecular weight excluding hydrogens is 408 g/mol. The number of rotatable bonds is 9. The van der Waals surface area contributed by atoms with Crippen LogP contribution in [0.2, 0.25) is 0 Å². The second-order valence-electron chi connectivity index (χ2n) is 7.80. The predicted molar refractivity (Wildman–Crippen MR) is 129 cm³/mol. The van der Waals surface area contributed by atoms with Crippen LogP contribution in [-0.2, 0) is 29.1 Å². The van der Waals surface area contributed by atoms with Crippen LogP contribution in [0.5, 0.6) is 0 Å². The van der Waals surface area contributed by atoms with Crippen molar-refractivity contribution >= 4 is 24.4 Å². The second kappa shape index (κ2) is 10.5. The molecule has 1 fully saturated rings. The SMILES string of the molecule is SC1(Cc2ccccc2)C[C@H](OCc2ccccc2)[C@@H](COCc2ccccc2)S1. The molecule has 0 amide bonds. The minimum atomic E-state index is -0.149. The van der Waals surface area contributed by atoms with Crippen LogP contribution in [0.15, 0.2) is 91.0 Å². The molecule has 1 heterocycles. The van der Waals surface area contributed by atoms with Gasteiger partial charge in [-0.2, -0.15) is 12.6 Å². The van der Waals surface area contributed by atoms with Gasteiger partial charge in [0.1, 0.15) is 0 Å². The summed E-state index contributed by atoms with van der Waals surface area (Å²) in [4.78, 5) is 0. The number of benzene rings is 3. The summed E-state index contributed by atoms with van der Waals surface area (Å²) in [6.45, 7) is 1.91. The molecule has 1 unspecified atom stereocenters. The van der Waals surface area contributed by atoms with Crippen LogP contribution in [0, 0.1) is 0 Å². The molecule has 156 valence electrons. The summed E-state index contributed by atoms with van der Waals surface area (Å²) in [6, 6.07) is 31.3. The summed E-state index contributed by atoms with van der Waals surface area (Å²) in [5.41, 5.74) is 3.71. The van der Waals surface area contributed by atoms with E-state index in [0.717, 1.165) is 12.8 Å². The number of thiol groups is 1. The minimum absolute atomic E-state index is 0.118. The summed E-state index contributed by atoms with van der Waals surface area (Å²) in [5.74, 6) is 0. The van der Waals surface area contributed by atoms with Gasteiger partial charge in [0.2, 0.25) is 0 Å². The lowest BCUT2D eigenvalue weighted by molar-refractivity contribution is 0.0144. The molecule has 3 atom stereocenters. The highest BCUT2D eigenvalue weighted by atomic mass is 32.2. The average Bonchev–Trinajstić information content (AvgIpc) is 3.09. The van der Waals surface area contributed by atoms with E-state index in [1.54, 1.807) is 0 Å². The van der Waals surface area contributed by atoms with Gasteiger partial charge in [0.05, 0.1) is 35.3 Å². The standard InChI is InChI=1S/C26H28O2S2/c29-26(16-21-10-4-1-5-11-21)17-24(28-19-23-14-8-3-9-15-23)25(30-26)20-27-18-22-12-6-2-7-13-22/h1-15,24-25,29H,16-20H2/t24-,25+,26?/m0/s1. The van der Waals surface area contributed by atoms with Crippen LogP contribution in [0.25, 0.3) is 0 Å². The molecule has 0 radical (unpaired) electrons. The molecule has 4 heteroatoms. The van der Waals surface area contributed by atoms with Gasteiger partial charge >= 0.3 is 0 Å². The van der Waals surface area contributed by atoms with Crippen molar-refractivity contribution in [1.29, 1.82) is 0 Å². The van der Waals surface area contributed by atoms with Crippen LogP contribution < -0.4 is 0 Å². The normalized spacial score (nSPS) is 23.5. The second-order valence-corrected chi connectivity index (χ2v) is 10.6. The van der Waals surface area contributed by atoms with Gasteiger partial charge in [-0.3, -0.25) is 0 Å². The summed E-state index contributed by atoms with van der Waals surface area (Å²) >= 11 is 7.01. The molecular formula is C26H28O2S2. The van der Waals surface area contributed by atoms with Gasteiger partial charge < -0.3 is 9.47 Å². The van der Waals surface area contributed by atoms with E-state index >= 15 is 0 Å². The first-order chi connectivity index (χ1) is 14.7. The Balaban J connectivity index is 1.39. The molecule has 0 aliphatic carbocycles. The monoisotopic (exact) mass is 436 g/mol. The third-order valence-electron chi connectivity index (χ3n) is 5.33. The molecule has 30 heavy (non-hydrogen) atoms. The highest BCUT2D eigenvalue weighted by Gasteiger charge is 2.44. The third-order valence-corrected chi connectivity index (χ3v) is 7.48. The molecule has 3 aromatic rings. The zero-order valence-electron chi connectivity index (χ0n) is 17.0. The topological polar surface area (TPSA) is 18.5 Å². The largest absolute Gasteiger partial charge is 0.376 e. The van der Waals surface area contributed by atoms with Crippen molar-refractivity contribution in [3.8, 4) is 0 Å². The smallest absolute Gasteiger partial charge is 0.0742 e. The maximum atomic E-state index is 6.39. The summed E-state index contributed by atoms with van der Waals surface area (Å²) in [7, 11) is 0. The van der Waals surface area contributed by atoms with E-state index in [1.807, 2.05) is 36.0 Å². The molecule has 1 aliphatic heterocycles. The summed E-state index contributed by atoms with van der Waals surface area (Å²) in [6.07, 6.45) is 1.94. The van der Waals surface area contributed by atoms with E-state index in [4.69, 9.17) is 22.1 Å². The van der Waals surface area contributed by atoms with Crippen molar-refractivity contribution in [2.75, 3.05) is 6.61 Å². The Hall–Kier alpha value is -1.72. The maximum absolute atomic E-state index is 6.39. The highest BCUT2D eigenvalue weighted by molar-refractivity contribution is 8.12. The first kappa shape index (κ1) is 21.5. The van der Waals surface area contributed by atoms with E-state index < -0.39 is 0 Å². The van der Waals surface area contributed by atoms with E-state index in [-0.39, 0.29) is 15.4 Å². The van der Waals surface area contributed by atoms with Gasteiger partial charge in [-0.05, 0) is 29.5 Å². The lowest BCUT2D eigenvalue weighted by Gasteiger charge is -2.22. The Morgan fingerprint density at radius 1 is 0.767 bits per heavy atom.